The lowest BCUT2D eigenvalue weighted by molar-refractivity contribution is 0.660. The second-order valence-corrected chi connectivity index (χ2v) is 14.5. The van der Waals surface area contributed by atoms with Crippen LogP contribution in [-0.2, 0) is 5.41 Å². The lowest BCUT2D eigenvalue weighted by Gasteiger charge is -2.31. The van der Waals surface area contributed by atoms with Gasteiger partial charge in [-0.15, -0.1) is 0 Å². The summed E-state index contributed by atoms with van der Waals surface area (Å²) < 4.78 is 6.41. The Morgan fingerprint density at radius 2 is 0.943 bits per heavy atom. The average Bonchev–Trinajstić information content (AvgIpc) is 3.71. The molecule has 0 saturated heterocycles. The van der Waals surface area contributed by atoms with Crippen molar-refractivity contribution in [1.29, 1.82) is 0 Å². The summed E-state index contributed by atoms with van der Waals surface area (Å²) in [6, 6.07) is 67.9. The fourth-order valence-corrected chi connectivity index (χ4v) is 8.62. The van der Waals surface area contributed by atoms with Gasteiger partial charge < -0.3 is 9.32 Å². The highest BCUT2D eigenvalue weighted by molar-refractivity contribution is 6.14. The molecule has 0 atom stereocenters. The summed E-state index contributed by atoms with van der Waals surface area (Å²) in [5, 5.41) is 2.25. The number of furan rings is 1. The van der Waals surface area contributed by atoms with Crippen LogP contribution in [0.25, 0.3) is 66.4 Å². The van der Waals surface area contributed by atoms with E-state index < -0.39 is 0 Å². The molecule has 1 aliphatic carbocycles. The first-order chi connectivity index (χ1) is 26.1. The molecule has 1 heterocycles. The summed E-state index contributed by atoms with van der Waals surface area (Å²) in [5.41, 5.74) is 17.3. The maximum absolute atomic E-state index is 6.41. The Labute approximate surface area is 310 Å². The number of hydrogen-bond donors (Lipinski definition) is 0. The molecule has 0 unspecified atom stereocenters. The SMILES string of the molecule is CC1(C)c2ccccc2-c2ccc(N(c3ccccc3-c3ccccc3-c3ccccc3)c3ccccc3-c3cccc4oc5ccccc5c34)cc21. The fraction of sp³-hybridized carbons (Fsp3) is 0.0588. The zero-order valence-corrected chi connectivity index (χ0v) is 29.8. The summed E-state index contributed by atoms with van der Waals surface area (Å²) in [4.78, 5) is 2.48. The van der Waals surface area contributed by atoms with Gasteiger partial charge >= 0.3 is 0 Å². The van der Waals surface area contributed by atoms with Gasteiger partial charge in [-0.05, 0) is 80.9 Å². The van der Waals surface area contributed by atoms with Crippen LogP contribution in [0, 0.1) is 0 Å². The van der Waals surface area contributed by atoms with Gasteiger partial charge in [0.15, 0.2) is 0 Å². The summed E-state index contributed by atoms with van der Waals surface area (Å²) in [6.07, 6.45) is 0. The van der Waals surface area contributed by atoms with Gasteiger partial charge in [0, 0.05) is 33.0 Å². The van der Waals surface area contributed by atoms with Crippen molar-refractivity contribution in [3.05, 3.63) is 199 Å². The fourth-order valence-electron chi connectivity index (χ4n) is 8.62. The van der Waals surface area contributed by atoms with Crippen molar-refractivity contribution in [3.63, 3.8) is 0 Å². The van der Waals surface area contributed by atoms with E-state index in [4.69, 9.17) is 4.42 Å². The van der Waals surface area contributed by atoms with Crippen LogP contribution >= 0.6 is 0 Å². The molecular weight excluding hydrogens is 643 g/mol. The van der Waals surface area contributed by atoms with Gasteiger partial charge in [-0.25, -0.2) is 0 Å². The summed E-state index contributed by atoms with van der Waals surface area (Å²) >= 11 is 0. The molecule has 53 heavy (non-hydrogen) atoms. The zero-order valence-electron chi connectivity index (χ0n) is 29.8. The second kappa shape index (κ2) is 12.3. The van der Waals surface area contributed by atoms with Crippen LogP contribution < -0.4 is 4.90 Å². The summed E-state index contributed by atoms with van der Waals surface area (Å²) in [6.45, 7) is 4.71. The number of rotatable bonds is 6. The monoisotopic (exact) mass is 679 g/mol. The number of nitrogens with zero attached hydrogens (tertiary/aromatic N) is 1. The Bertz CT molecular complexity index is 2820. The van der Waals surface area contributed by atoms with Gasteiger partial charge in [0.05, 0.1) is 11.4 Å². The molecular formula is C51H37NO. The number of benzene rings is 8. The molecule has 0 aliphatic heterocycles. The first-order valence-electron chi connectivity index (χ1n) is 18.4. The molecule has 2 nitrogen and oxygen atoms in total. The quantitative estimate of drug-likeness (QED) is 0.174. The predicted molar refractivity (Wildman–Crippen MR) is 222 cm³/mol. The second-order valence-electron chi connectivity index (χ2n) is 14.5. The van der Waals surface area contributed by atoms with Crippen molar-refractivity contribution in [2.24, 2.45) is 0 Å². The van der Waals surface area contributed by atoms with Gasteiger partial charge in [0.25, 0.3) is 0 Å². The van der Waals surface area contributed by atoms with Crippen molar-refractivity contribution in [2.45, 2.75) is 19.3 Å². The zero-order chi connectivity index (χ0) is 35.5. The molecule has 0 fully saturated rings. The van der Waals surface area contributed by atoms with E-state index in [2.05, 4.69) is 201 Å². The molecule has 9 aromatic rings. The summed E-state index contributed by atoms with van der Waals surface area (Å²) in [7, 11) is 0. The molecule has 0 radical (unpaired) electrons. The maximum Gasteiger partial charge on any atom is 0.136 e. The molecule has 252 valence electrons. The molecule has 10 rings (SSSR count). The van der Waals surface area contributed by atoms with Gasteiger partial charge in [0.1, 0.15) is 11.2 Å². The van der Waals surface area contributed by atoms with Crippen LogP contribution in [0.1, 0.15) is 25.0 Å². The number of para-hydroxylation sites is 3. The van der Waals surface area contributed by atoms with Crippen LogP contribution in [0.5, 0.6) is 0 Å². The van der Waals surface area contributed by atoms with Crippen molar-refractivity contribution < 1.29 is 4.42 Å². The third-order valence-electron chi connectivity index (χ3n) is 11.1. The Kier molecular flexibility index (Phi) is 7.19. The molecule has 0 spiro atoms. The van der Waals surface area contributed by atoms with E-state index in [0.717, 1.165) is 55.7 Å². The highest BCUT2D eigenvalue weighted by Gasteiger charge is 2.36. The minimum atomic E-state index is -0.145. The average molecular weight is 680 g/mol. The molecule has 0 amide bonds. The number of hydrogen-bond acceptors (Lipinski definition) is 2. The maximum atomic E-state index is 6.41. The van der Waals surface area contributed by atoms with Gasteiger partial charge in [0.2, 0.25) is 0 Å². The van der Waals surface area contributed by atoms with Crippen molar-refractivity contribution in [3.8, 4) is 44.5 Å². The lowest BCUT2D eigenvalue weighted by atomic mass is 9.82. The molecule has 0 saturated carbocycles. The van der Waals surface area contributed by atoms with Crippen LogP contribution in [-0.4, -0.2) is 0 Å². The first kappa shape index (κ1) is 31.1. The number of fused-ring (bicyclic) bond motifs is 6. The highest BCUT2D eigenvalue weighted by atomic mass is 16.3. The van der Waals surface area contributed by atoms with Gasteiger partial charge in [-0.1, -0.05) is 166 Å². The molecule has 8 aromatic carbocycles. The van der Waals surface area contributed by atoms with E-state index in [1.165, 1.54) is 38.9 Å². The predicted octanol–water partition coefficient (Wildman–Crippen LogP) is 14.4. The summed E-state index contributed by atoms with van der Waals surface area (Å²) in [5.74, 6) is 0. The molecule has 0 bridgehead atoms. The molecule has 0 N–H and O–H groups in total. The topological polar surface area (TPSA) is 16.4 Å². The minimum Gasteiger partial charge on any atom is -0.456 e. The highest BCUT2D eigenvalue weighted by Crippen LogP contribution is 2.53. The Hall–Kier alpha value is -6.64. The van der Waals surface area contributed by atoms with Crippen molar-refractivity contribution in [2.75, 3.05) is 4.90 Å². The Morgan fingerprint density at radius 3 is 1.72 bits per heavy atom. The third kappa shape index (κ3) is 4.94. The standard InChI is InChI=1S/C51H37NO/c1-51(2)44-26-12-8-21-38(44)39-32-31-35(33-45(39)51)52(46-27-13-9-22-40(46)37-20-7-6-19-36(37)34-17-4-3-5-18-34)47-28-14-10-23-41(47)42-25-16-30-49-50(42)43-24-11-15-29-48(43)53-49/h3-33H,1-2H3. The largest absolute Gasteiger partial charge is 0.456 e. The van der Waals surface area contributed by atoms with Crippen LogP contribution in [0.4, 0.5) is 17.1 Å². The van der Waals surface area contributed by atoms with Crippen LogP contribution in [0.3, 0.4) is 0 Å². The van der Waals surface area contributed by atoms with Gasteiger partial charge in [-0.3, -0.25) is 0 Å². The first-order valence-corrected chi connectivity index (χ1v) is 18.4. The van der Waals surface area contributed by atoms with E-state index in [-0.39, 0.29) is 5.41 Å². The normalized spacial score (nSPS) is 12.9. The lowest BCUT2D eigenvalue weighted by Crippen LogP contribution is -2.17. The molecule has 1 aliphatic rings. The molecule has 1 aromatic heterocycles. The minimum absolute atomic E-state index is 0.145. The van der Waals surface area contributed by atoms with E-state index in [9.17, 15) is 0 Å². The van der Waals surface area contributed by atoms with Crippen molar-refractivity contribution in [1.82, 2.24) is 0 Å². The van der Waals surface area contributed by atoms with E-state index in [0.29, 0.717) is 0 Å². The number of anilines is 3. The van der Waals surface area contributed by atoms with Crippen LogP contribution in [0.2, 0.25) is 0 Å². The third-order valence-corrected chi connectivity index (χ3v) is 11.1. The van der Waals surface area contributed by atoms with Gasteiger partial charge in [-0.2, -0.15) is 0 Å². The smallest absolute Gasteiger partial charge is 0.136 e. The van der Waals surface area contributed by atoms with E-state index in [1.54, 1.807) is 0 Å². The Morgan fingerprint density at radius 1 is 0.396 bits per heavy atom. The van der Waals surface area contributed by atoms with E-state index >= 15 is 0 Å². The Balaban J connectivity index is 1.26. The molecule has 2 heteroatoms. The van der Waals surface area contributed by atoms with Crippen LogP contribution in [0.15, 0.2) is 192 Å². The van der Waals surface area contributed by atoms with E-state index in [1.807, 2.05) is 6.07 Å². The van der Waals surface area contributed by atoms with Crippen molar-refractivity contribution >= 4 is 39.0 Å².